The van der Waals surface area contributed by atoms with E-state index >= 15 is 0 Å². The predicted molar refractivity (Wildman–Crippen MR) is 109 cm³/mol. The topological polar surface area (TPSA) is 68.7 Å². The Morgan fingerprint density at radius 3 is 2.66 bits per heavy atom. The number of ether oxygens (including phenoxy) is 2. The minimum absolute atomic E-state index is 0.146. The van der Waals surface area contributed by atoms with Crippen LogP contribution in [0, 0.1) is 12.7 Å². The highest BCUT2D eigenvalue weighted by Gasteiger charge is 2.19. The molecule has 3 aromatic rings. The lowest BCUT2D eigenvalue weighted by Crippen LogP contribution is -2.30. The summed E-state index contributed by atoms with van der Waals surface area (Å²) < 4.78 is 23.6. The number of nitrogens with zero attached hydrogens (tertiary/aromatic N) is 2. The van der Waals surface area contributed by atoms with E-state index in [-0.39, 0.29) is 24.9 Å². The Bertz CT molecular complexity index is 971. The number of halogens is 1. The lowest BCUT2D eigenvalue weighted by Gasteiger charge is -2.16. The number of amides is 1. The van der Waals surface area contributed by atoms with Crippen LogP contribution in [0.15, 0.2) is 41.1 Å². The summed E-state index contributed by atoms with van der Waals surface area (Å²) >= 11 is 2.71. The average Bonchev–Trinajstić information content (AvgIpc) is 3.34. The van der Waals surface area contributed by atoms with Crippen LogP contribution in [-0.4, -0.2) is 35.4 Å². The van der Waals surface area contributed by atoms with Crippen LogP contribution in [0.4, 0.5) is 4.39 Å². The van der Waals surface area contributed by atoms with Gasteiger partial charge in [0.25, 0.3) is 5.91 Å². The first-order valence-corrected chi connectivity index (χ1v) is 10.4. The molecule has 0 aliphatic carbocycles. The van der Waals surface area contributed by atoms with Crippen molar-refractivity contribution in [3.8, 4) is 5.75 Å². The van der Waals surface area contributed by atoms with Gasteiger partial charge in [-0.1, -0.05) is 0 Å². The number of esters is 1. The molecule has 0 unspecified atom stereocenters. The van der Waals surface area contributed by atoms with Gasteiger partial charge >= 0.3 is 5.97 Å². The number of aromatic nitrogens is 1. The van der Waals surface area contributed by atoms with Crippen molar-refractivity contribution in [2.45, 2.75) is 20.1 Å². The van der Waals surface area contributed by atoms with E-state index in [1.165, 1.54) is 29.2 Å². The number of carbonyl (C=O) groups is 2. The van der Waals surface area contributed by atoms with E-state index in [0.717, 1.165) is 16.9 Å². The van der Waals surface area contributed by atoms with Gasteiger partial charge in [-0.05, 0) is 53.6 Å². The highest BCUT2D eigenvalue weighted by atomic mass is 32.1. The van der Waals surface area contributed by atoms with Gasteiger partial charge in [-0.2, -0.15) is 11.3 Å². The monoisotopic (exact) mass is 434 g/mol. The molecule has 6 nitrogen and oxygen atoms in total. The molecule has 2 aromatic heterocycles. The fraction of sp³-hybridized carbons (Fsp3) is 0.250. The van der Waals surface area contributed by atoms with Gasteiger partial charge in [-0.3, -0.25) is 4.79 Å². The molecule has 0 atom stereocenters. The molecular weight excluding hydrogens is 415 g/mol. The molecule has 0 saturated heterocycles. The Labute approximate surface area is 175 Å². The maximum Gasteiger partial charge on any atom is 0.350 e. The van der Waals surface area contributed by atoms with E-state index in [4.69, 9.17) is 9.47 Å². The summed E-state index contributed by atoms with van der Waals surface area (Å²) in [7, 11) is 1.66. The van der Waals surface area contributed by atoms with E-state index in [2.05, 4.69) is 4.98 Å². The molecule has 9 heteroatoms. The van der Waals surface area contributed by atoms with Gasteiger partial charge in [-0.15, -0.1) is 11.3 Å². The zero-order chi connectivity index (χ0) is 20.8. The summed E-state index contributed by atoms with van der Waals surface area (Å²) in [4.78, 5) is 30.6. The third-order valence-electron chi connectivity index (χ3n) is 3.95. The fourth-order valence-corrected chi connectivity index (χ4v) is 3.96. The molecule has 0 fully saturated rings. The number of hydrogen-bond donors (Lipinski definition) is 0. The van der Waals surface area contributed by atoms with Gasteiger partial charge in [0.1, 0.15) is 28.1 Å². The second-order valence-corrected chi connectivity index (χ2v) is 8.09. The number of thiophene rings is 1. The summed E-state index contributed by atoms with van der Waals surface area (Å²) in [6, 6.07) is 7.58. The quantitative estimate of drug-likeness (QED) is 0.501. The number of aryl methyl sites for hydroxylation is 1. The molecule has 0 spiro atoms. The van der Waals surface area contributed by atoms with Crippen molar-refractivity contribution in [2.75, 3.05) is 13.7 Å². The van der Waals surface area contributed by atoms with Crippen molar-refractivity contribution >= 4 is 34.6 Å². The molecular formula is C20H19FN2O4S2. The van der Waals surface area contributed by atoms with Crippen LogP contribution in [0.25, 0.3) is 0 Å². The number of carbonyl (C=O) groups excluding carboxylic acids is 2. The molecule has 152 valence electrons. The molecule has 3 rings (SSSR count). The molecule has 0 saturated carbocycles. The van der Waals surface area contributed by atoms with Crippen molar-refractivity contribution < 1.29 is 23.5 Å². The van der Waals surface area contributed by atoms with Crippen LogP contribution < -0.4 is 4.74 Å². The molecule has 0 aliphatic rings. The van der Waals surface area contributed by atoms with Crippen LogP contribution in [0.1, 0.15) is 25.9 Å². The van der Waals surface area contributed by atoms with Crippen molar-refractivity contribution in [1.82, 2.24) is 9.88 Å². The molecule has 0 aliphatic heterocycles. The minimum Gasteiger partial charge on any atom is -0.486 e. The maximum absolute atomic E-state index is 12.9. The number of likely N-dealkylation sites (N-methyl/N-ethyl adjacent to an activating group) is 1. The predicted octanol–water partition coefficient (Wildman–Crippen LogP) is 4.05. The Balaban J connectivity index is 1.51. The lowest BCUT2D eigenvalue weighted by molar-refractivity contribution is -0.133. The number of benzene rings is 1. The molecule has 0 bridgehead atoms. The number of hydrogen-bond acceptors (Lipinski definition) is 7. The third kappa shape index (κ3) is 5.85. The molecule has 1 amide bonds. The van der Waals surface area contributed by atoms with E-state index in [1.807, 2.05) is 16.8 Å². The van der Waals surface area contributed by atoms with Gasteiger partial charge in [-0.25, -0.2) is 14.2 Å². The standard InChI is InChI=1S/C20H19FN2O4S2/c1-13-19(29-17(22-13)10-26-16-5-3-15(21)4-6-16)20(25)27-11-18(24)23(2)9-14-7-8-28-12-14/h3-8,12H,9-11H2,1-2H3. The second-order valence-electron chi connectivity index (χ2n) is 6.22. The Kier molecular flexibility index (Phi) is 6.95. The maximum atomic E-state index is 12.9. The summed E-state index contributed by atoms with van der Waals surface area (Å²) in [5.74, 6) is -0.720. The van der Waals surface area contributed by atoms with Crippen molar-refractivity contribution in [1.29, 1.82) is 0 Å². The van der Waals surface area contributed by atoms with Crippen LogP contribution in [0.5, 0.6) is 5.75 Å². The fourth-order valence-electron chi connectivity index (χ4n) is 2.43. The molecule has 2 heterocycles. The van der Waals surface area contributed by atoms with Crippen molar-refractivity contribution in [3.63, 3.8) is 0 Å². The summed E-state index contributed by atoms with van der Waals surface area (Å²) in [5.41, 5.74) is 1.54. The smallest absolute Gasteiger partial charge is 0.350 e. The van der Waals surface area contributed by atoms with Crippen LogP contribution in [0.2, 0.25) is 0 Å². The normalized spacial score (nSPS) is 10.6. The highest BCUT2D eigenvalue weighted by Crippen LogP contribution is 2.21. The zero-order valence-corrected chi connectivity index (χ0v) is 17.5. The zero-order valence-electron chi connectivity index (χ0n) is 15.9. The van der Waals surface area contributed by atoms with Gasteiger partial charge in [0.2, 0.25) is 0 Å². The van der Waals surface area contributed by atoms with E-state index in [9.17, 15) is 14.0 Å². The Morgan fingerprint density at radius 1 is 1.21 bits per heavy atom. The molecule has 1 aromatic carbocycles. The summed E-state index contributed by atoms with van der Waals surface area (Å²) in [6.45, 7) is 1.97. The van der Waals surface area contributed by atoms with Gasteiger partial charge in [0, 0.05) is 13.6 Å². The summed E-state index contributed by atoms with van der Waals surface area (Å²) in [5, 5.41) is 4.49. The third-order valence-corrected chi connectivity index (χ3v) is 5.80. The highest BCUT2D eigenvalue weighted by molar-refractivity contribution is 7.13. The van der Waals surface area contributed by atoms with E-state index in [1.54, 1.807) is 25.3 Å². The molecule has 0 N–H and O–H groups in total. The van der Waals surface area contributed by atoms with Gasteiger partial charge in [0.15, 0.2) is 6.61 Å². The van der Waals surface area contributed by atoms with Gasteiger partial charge in [0.05, 0.1) is 5.69 Å². The number of rotatable bonds is 8. The van der Waals surface area contributed by atoms with Crippen LogP contribution in [0.3, 0.4) is 0 Å². The first-order valence-electron chi connectivity index (χ1n) is 8.69. The number of thiazole rings is 1. The van der Waals surface area contributed by atoms with Gasteiger partial charge < -0.3 is 14.4 Å². The van der Waals surface area contributed by atoms with E-state index < -0.39 is 5.97 Å². The first-order chi connectivity index (χ1) is 13.9. The SMILES string of the molecule is Cc1nc(COc2ccc(F)cc2)sc1C(=O)OCC(=O)N(C)Cc1ccsc1. The van der Waals surface area contributed by atoms with Crippen molar-refractivity contribution in [2.24, 2.45) is 0 Å². The largest absolute Gasteiger partial charge is 0.486 e. The lowest BCUT2D eigenvalue weighted by atomic mass is 10.3. The second kappa shape index (κ2) is 9.62. The first kappa shape index (κ1) is 20.9. The molecule has 0 radical (unpaired) electrons. The minimum atomic E-state index is -0.592. The Morgan fingerprint density at radius 2 is 1.97 bits per heavy atom. The van der Waals surface area contributed by atoms with Crippen molar-refractivity contribution in [3.05, 3.63) is 68.1 Å². The Hall–Kier alpha value is -2.78. The van der Waals surface area contributed by atoms with Crippen LogP contribution in [-0.2, 0) is 22.7 Å². The average molecular weight is 435 g/mol. The molecule has 29 heavy (non-hydrogen) atoms. The summed E-state index contributed by atoms with van der Waals surface area (Å²) in [6.07, 6.45) is 0. The van der Waals surface area contributed by atoms with E-state index in [0.29, 0.717) is 27.9 Å². The van der Waals surface area contributed by atoms with Crippen LogP contribution >= 0.6 is 22.7 Å².